The van der Waals surface area contributed by atoms with Crippen LogP contribution in [0.5, 0.6) is 5.75 Å². The second kappa shape index (κ2) is 6.52. The molecular weight excluding hydrogens is 322 g/mol. The monoisotopic (exact) mass is 341 g/mol. The number of fused-ring (bicyclic) bond motifs is 3. The molecule has 0 atom stereocenters. The van der Waals surface area contributed by atoms with Gasteiger partial charge in [0.2, 0.25) is 0 Å². The largest absolute Gasteiger partial charge is 0.423 e. The third kappa shape index (κ3) is 3.00. The molecule has 0 saturated heterocycles. The van der Waals surface area contributed by atoms with Gasteiger partial charge in [-0.3, -0.25) is 0 Å². The van der Waals surface area contributed by atoms with Crippen LogP contribution in [0.3, 0.4) is 0 Å². The van der Waals surface area contributed by atoms with Gasteiger partial charge in [-0.05, 0) is 49.2 Å². The summed E-state index contributed by atoms with van der Waals surface area (Å²) >= 11 is 0. The molecule has 0 unspecified atom stereocenters. The van der Waals surface area contributed by atoms with Gasteiger partial charge in [-0.2, -0.15) is 0 Å². The number of benzene rings is 3. The maximum absolute atomic E-state index is 12.2. The topological polar surface area (TPSA) is 42.1 Å². The summed E-state index contributed by atoms with van der Waals surface area (Å²) in [5.74, 6) is 0.187. The molecule has 26 heavy (non-hydrogen) atoms. The number of aromatic amines is 1. The highest BCUT2D eigenvalue weighted by Crippen LogP contribution is 2.32. The van der Waals surface area contributed by atoms with Crippen LogP contribution in [-0.4, -0.2) is 11.0 Å². The zero-order chi connectivity index (χ0) is 18.1. The maximum atomic E-state index is 12.2. The molecular formula is C23H19NO2. The predicted molar refractivity (Wildman–Crippen MR) is 106 cm³/mol. The minimum absolute atomic E-state index is 0.386. The average molecular weight is 341 g/mol. The molecule has 0 spiro atoms. The van der Waals surface area contributed by atoms with Gasteiger partial charge in [0.05, 0.1) is 5.52 Å². The van der Waals surface area contributed by atoms with Gasteiger partial charge in [0.25, 0.3) is 0 Å². The first-order chi connectivity index (χ1) is 12.6. The Morgan fingerprint density at radius 3 is 2.54 bits per heavy atom. The lowest BCUT2D eigenvalue weighted by Crippen LogP contribution is -2.05. The number of carbonyl (C=O) groups excluding carboxylic acids is 1. The minimum Gasteiger partial charge on any atom is -0.423 e. The lowest BCUT2D eigenvalue weighted by Gasteiger charge is -2.06. The van der Waals surface area contributed by atoms with Crippen LogP contribution in [0.25, 0.3) is 27.9 Å². The van der Waals surface area contributed by atoms with Crippen molar-refractivity contribution in [2.45, 2.75) is 13.8 Å². The molecule has 0 aliphatic carbocycles. The van der Waals surface area contributed by atoms with Crippen molar-refractivity contribution in [3.63, 3.8) is 0 Å². The van der Waals surface area contributed by atoms with E-state index in [-0.39, 0.29) is 5.97 Å². The van der Waals surface area contributed by atoms with E-state index in [1.54, 1.807) is 6.08 Å². The van der Waals surface area contributed by atoms with Crippen molar-refractivity contribution in [1.29, 1.82) is 0 Å². The molecule has 3 nitrogen and oxygen atoms in total. The van der Waals surface area contributed by atoms with Crippen LogP contribution in [0, 0.1) is 13.8 Å². The number of rotatable bonds is 3. The van der Waals surface area contributed by atoms with E-state index in [1.807, 2.05) is 49.4 Å². The van der Waals surface area contributed by atoms with Crippen LogP contribution in [0.15, 0.2) is 66.7 Å². The van der Waals surface area contributed by atoms with Crippen molar-refractivity contribution in [1.82, 2.24) is 4.98 Å². The number of aryl methyl sites for hydroxylation is 2. The van der Waals surface area contributed by atoms with Gasteiger partial charge >= 0.3 is 5.97 Å². The molecule has 128 valence electrons. The molecule has 1 aromatic heterocycles. The van der Waals surface area contributed by atoms with Crippen LogP contribution in [-0.2, 0) is 4.79 Å². The molecule has 0 aliphatic heterocycles. The molecule has 1 heterocycles. The Morgan fingerprint density at radius 2 is 1.73 bits per heavy atom. The standard InChI is InChI=1S/C23H19NO2/c1-15-8-10-18-19-11-12-21(16(2)23(19)24-20(18)14-15)26-22(25)13-9-17-6-4-3-5-7-17/h3-14,24H,1-2H3/b13-9+. The van der Waals surface area contributed by atoms with E-state index in [1.165, 1.54) is 17.0 Å². The number of H-pyrrole nitrogens is 1. The predicted octanol–water partition coefficient (Wildman–Crippen LogP) is 5.56. The second-order valence-electron chi connectivity index (χ2n) is 6.45. The summed E-state index contributed by atoms with van der Waals surface area (Å²) in [6.45, 7) is 4.04. The van der Waals surface area contributed by atoms with E-state index in [0.29, 0.717) is 5.75 Å². The third-order valence-corrected chi connectivity index (χ3v) is 4.56. The Bertz CT molecular complexity index is 1140. The highest BCUT2D eigenvalue weighted by Gasteiger charge is 2.12. The van der Waals surface area contributed by atoms with Crippen LogP contribution in [0.1, 0.15) is 16.7 Å². The lowest BCUT2D eigenvalue weighted by molar-refractivity contribution is -0.128. The fourth-order valence-electron chi connectivity index (χ4n) is 3.19. The van der Waals surface area contributed by atoms with Gasteiger partial charge in [0.15, 0.2) is 0 Å². The quantitative estimate of drug-likeness (QED) is 0.301. The third-order valence-electron chi connectivity index (χ3n) is 4.56. The molecule has 0 aliphatic rings. The summed E-state index contributed by atoms with van der Waals surface area (Å²) in [7, 11) is 0. The van der Waals surface area contributed by atoms with Crippen molar-refractivity contribution in [2.24, 2.45) is 0 Å². The molecule has 3 heteroatoms. The summed E-state index contributed by atoms with van der Waals surface area (Å²) < 4.78 is 5.55. The number of hydrogen-bond donors (Lipinski definition) is 1. The molecule has 3 aromatic carbocycles. The Kier molecular flexibility index (Phi) is 4.05. The first-order valence-electron chi connectivity index (χ1n) is 8.58. The van der Waals surface area contributed by atoms with Gasteiger partial charge in [0.1, 0.15) is 5.75 Å². The van der Waals surface area contributed by atoms with Crippen molar-refractivity contribution in [2.75, 3.05) is 0 Å². The van der Waals surface area contributed by atoms with Crippen molar-refractivity contribution in [3.05, 3.63) is 83.4 Å². The highest BCUT2D eigenvalue weighted by atomic mass is 16.5. The van der Waals surface area contributed by atoms with E-state index >= 15 is 0 Å². The molecule has 0 radical (unpaired) electrons. The Balaban J connectivity index is 1.64. The lowest BCUT2D eigenvalue weighted by atomic mass is 10.1. The van der Waals surface area contributed by atoms with E-state index in [4.69, 9.17) is 4.74 Å². The van der Waals surface area contributed by atoms with E-state index in [0.717, 1.165) is 27.5 Å². The molecule has 0 bridgehead atoms. The fraction of sp³-hybridized carbons (Fsp3) is 0.0870. The molecule has 4 aromatic rings. The molecule has 0 amide bonds. The number of aromatic nitrogens is 1. The minimum atomic E-state index is -0.386. The number of nitrogens with one attached hydrogen (secondary N) is 1. The Morgan fingerprint density at radius 1 is 0.962 bits per heavy atom. The fourth-order valence-corrected chi connectivity index (χ4v) is 3.19. The van der Waals surface area contributed by atoms with Gasteiger partial charge in [0, 0.05) is 27.9 Å². The number of hydrogen-bond acceptors (Lipinski definition) is 2. The zero-order valence-electron chi connectivity index (χ0n) is 14.7. The van der Waals surface area contributed by atoms with E-state index < -0.39 is 0 Å². The zero-order valence-corrected chi connectivity index (χ0v) is 14.7. The number of esters is 1. The SMILES string of the molecule is Cc1ccc2c(c1)[nH]c1c(C)c(OC(=O)/C=C/c3ccccc3)ccc12. The van der Waals surface area contributed by atoms with Crippen LogP contribution in [0.4, 0.5) is 0 Å². The summed E-state index contributed by atoms with van der Waals surface area (Å²) in [5, 5.41) is 2.31. The molecule has 0 fully saturated rings. The first-order valence-corrected chi connectivity index (χ1v) is 8.58. The van der Waals surface area contributed by atoms with Gasteiger partial charge < -0.3 is 9.72 Å². The summed E-state index contributed by atoms with van der Waals surface area (Å²) in [6.07, 6.45) is 3.20. The Labute approximate surface area is 151 Å². The van der Waals surface area contributed by atoms with Gasteiger partial charge in [-0.1, -0.05) is 42.5 Å². The smallest absolute Gasteiger partial charge is 0.336 e. The number of ether oxygens (including phenoxy) is 1. The average Bonchev–Trinajstić information content (AvgIpc) is 3.01. The van der Waals surface area contributed by atoms with Crippen LogP contribution < -0.4 is 4.74 Å². The van der Waals surface area contributed by atoms with Gasteiger partial charge in [-0.25, -0.2) is 4.79 Å². The molecule has 0 saturated carbocycles. The summed E-state index contributed by atoms with van der Waals surface area (Å²) in [6, 6.07) is 19.9. The number of carbonyl (C=O) groups is 1. The van der Waals surface area contributed by atoms with E-state index in [2.05, 4.69) is 30.1 Å². The van der Waals surface area contributed by atoms with Crippen molar-refractivity contribution < 1.29 is 9.53 Å². The highest BCUT2D eigenvalue weighted by molar-refractivity contribution is 6.09. The van der Waals surface area contributed by atoms with Crippen molar-refractivity contribution >= 4 is 33.9 Å². The Hall–Kier alpha value is -3.33. The van der Waals surface area contributed by atoms with E-state index in [9.17, 15) is 4.79 Å². The molecule has 4 rings (SSSR count). The maximum Gasteiger partial charge on any atom is 0.336 e. The van der Waals surface area contributed by atoms with Crippen LogP contribution >= 0.6 is 0 Å². The van der Waals surface area contributed by atoms with Crippen LogP contribution in [0.2, 0.25) is 0 Å². The summed E-state index contributed by atoms with van der Waals surface area (Å²) in [4.78, 5) is 15.6. The van der Waals surface area contributed by atoms with Gasteiger partial charge in [-0.15, -0.1) is 0 Å². The normalized spacial score (nSPS) is 11.5. The second-order valence-corrected chi connectivity index (χ2v) is 6.45. The molecule has 1 N–H and O–H groups in total. The summed E-state index contributed by atoms with van der Waals surface area (Å²) in [5.41, 5.74) is 5.19. The van der Waals surface area contributed by atoms with Crippen molar-refractivity contribution in [3.8, 4) is 5.75 Å². The first kappa shape index (κ1) is 16.2.